The van der Waals surface area contributed by atoms with Gasteiger partial charge in [-0.1, -0.05) is 12.8 Å². The van der Waals surface area contributed by atoms with E-state index in [1.54, 1.807) is 6.33 Å². The fraction of sp³-hybridized carbons (Fsp3) is 0.545. The van der Waals surface area contributed by atoms with Crippen molar-refractivity contribution in [2.75, 3.05) is 5.73 Å². The SMILES string of the molecule is Nc1ncnc2c1ncn2[C@@H]1CCCC[C@H]1O. The van der Waals surface area contributed by atoms with E-state index < -0.39 is 0 Å². The first kappa shape index (κ1) is 10.5. The number of nitrogen functional groups attached to an aromatic ring is 1. The molecule has 2 aromatic heterocycles. The second-order valence-electron chi connectivity index (χ2n) is 4.50. The van der Waals surface area contributed by atoms with Gasteiger partial charge in [0.15, 0.2) is 11.5 Å². The van der Waals surface area contributed by atoms with Crippen molar-refractivity contribution in [3.8, 4) is 0 Å². The maximum atomic E-state index is 10.0. The van der Waals surface area contributed by atoms with Crippen LogP contribution in [0.4, 0.5) is 5.82 Å². The molecule has 2 aromatic rings. The van der Waals surface area contributed by atoms with Gasteiger partial charge in [-0.15, -0.1) is 0 Å². The van der Waals surface area contributed by atoms with E-state index >= 15 is 0 Å². The van der Waals surface area contributed by atoms with Crippen LogP contribution in [0.25, 0.3) is 11.2 Å². The van der Waals surface area contributed by atoms with Gasteiger partial charge < -0.3 is 15.4 Å². The first-order valence-corrected chi connectivity index (χ1v) is 5.88. The van der Waals surface area contributed by atoms with E-state index in [2.05, 4.69) is 15.0 Å². The minimum Gasteiger partial charge on any atom is -0.391 e. The highest BCUT2D eigenvalue weighted by atomic mass is 16.3. The van der Waals surface area contributed by atoms with Crippen LogP contribution in [-0.2, 0) is 0 Å². The molecule has 1 aliphatic carbocycles. The maximum absolute atomic E-state index is 10.0. The molecule has 0 bridgehead atoms. The summed E-state index contributed by atoms with van der Waals surface area (Å²) in [5.74, 6) is 0.388. The van der Waals surface area contributed by atoms with Gasteiger partial charge in [-0.3, -0.25) is 0 Å². The summed E-state index contributed by atoms with van der Waals surface area (Å²) in [4.78, 5) is 12.4. The highest BCUT2D eigenvalue weighted by molar-refractivity contribution is 5.81. The lowest BCUT2D eigenvalue weighted by atomic mass is 9.92. The summed E-state index contributed by atoms with van der Waals surface area (Å²) in [6, 6.07) is 0.0584. The zero-order valence-corrected chi connectivity index (χ0v) is 9.45. The molecular formula is C11H15N5O. The van der Waals surface area contributed by atoms with Gasteiger partial charge in [0.2, 0.25) is 0 Å². The smallest absolute Gasteiger partial charge is 0.165 e. The maximum Gasteiger partial charge on any atom is 0.165 e. The molecule has 0 saturated heterocycles. The van der Waals surface area contributed by atoms with Gasteiger partial charge in [0.25, 0.3) is 0 Å². The second kappa shape index (κ2) is 3.96. The number of aliphatic hydroxyl groups is 1. The van der Waals surface area contributed by atoms with Crippen molar-refractivity contribution in [1.29, 1.82) is 0 Å². The van der Waals surface area contributed by atoms with E-state index in [0.717, 1.165) is 25.7 Å². The van der Waals surface area contributed by atoms with Gasteiger partial charge in [-0.25, -0.2) is 15.0 Å². The molecule has 0 spiro atoms. The third-order valence-electron chi connectivity index (χ3n) is 3.44. The molecule has 6 heteroatoms. The summed E-state index contributed by atoms with van der Waals surface area (Å²) < 4.78 is 1.93. The van der Waals surface area contributed by atoms with Crippen molar-refractivity contribution < 1.29 is 5.11 Å². The first-order chi connectivity index (χ1) is 8.27. The average molecular weight is 233 g/mol. The van der Waals surface area contributed by atoms with E-state index in [9.17, 15) is 5.11 Å². The van der Waals surface area contributed by atoms with Crippen LogP contribution >= 0.6 is 0 Å². The lowest BCUT2D eigenvalue weighted by Crippen LogP contribution is -2.27. The molecule has 3 rings (SSSR count). The number of fused-ring (bicyclic) bond motifs is 1. The molecule has 1 saturated carbocycles. The number of hydrogen-bond donors (Lipinski definition) is 2. The van der Waals surface area contributed by atoms with Crippen LogP contribution in [0.3, 0.4) is 0 Å². The monoisotopic (exact) mass is 233 g/mol. The van der Waals surface area contributed by atoms with Gasteiger partial charge in [0.05, 0.1) is 18.5 Å². The van der Waals surface area contributed by atoms with E-state index in [-0.39, 0.29) is 12.1 Å². The van der Waals surface area contributed by atoms with E-state index in [1.165, 1.54) is 6.33 Å². The normalized spacial score (nSPS) is 25.2. The van der Waals surface area contributed by atoms with Crippen molar-refractivity contribution in [2.45, 2.75) is 37.8 Å². The Bertz CT molecular complexity index is 538. The Morgan fingerprint density at radius 3 is 2.88 bits per heavy atom. The molecule has 1 aliphatic rings. The number of aliphatic hydroxyl groups excluding tert-OH is 1. The molecule has 90 valence electrons. The molecule has 3 N–H and O–H groups in total. The van der Waals surface area contributed by atoms with E-state index in [1.807, 2.05) is 4.57 Å². The lowest BCUT2D eigenvalue weighted by Gasteiger charge is -2.28. The number of hydrogen-bond acceptors (Lipinski definition) is 5. The molecule has 0 unspecified atom stereocenters. The van der Waals surface area contributed by atoms with Crippen LogP contribution in [0.1, 0.15) is 31.7 Å². The van der Waals surface area contributed by atoms with Crippen molar-refractivity contribution in [3.63, 3.8) is 0 Å². The standard InChI is InChI=1S/C11H15N5O/c12-10-9-11(14-5-13-10)16(6-15-9)7-3-1-2-4-8(7)17/h5-8,17H,1-4H2,(H2,12,13,14)/t7-,8-/m1/s1. The lowest BCUT2D eigenvalue weighted by molar-refractivity contribution is 0.0770. The van der Waals surface area contributed by atoms with Crippen LogP contribution in [-0.4, -0.2) is 30.7 Å². The molecular weight excluding hydrogens is 218 g/mol. The average Bonchev–Trinajstić information content (AvgIpc) is 2.75. The molecule has 0 aromatic carbocycles. The number of imidazole rings is 1. The Labute approximate surface area is 98.5 Å². The van der Waals surface area contributed by atoms with E-state index in [0.29, 0.717) is 17.0 Å². The summed E-state index contributed by atoms with van der Waals surface area (Å²) in [7, 11) is 0. The topological polar surface area (TPSA) is 89.9 Å². The van der Waals surface area contributed by atoms with Crippen LogP contribution < -0.4 is 5.73 Å². The first-order valence-electron chi connectivity index (χ1n) is 5.88. The van der Waals surface area contributed by atoms with Crippen LogP contribution in [0.5, 0.6) is 0 Å². The highest BCUT2D eigenvalue weighted by Gasteiger charge is 2.26. The number of aromatic nitrogens is 4. The van der Waals surface area contributed by atoms with Crippen molar-refractivity contribution in [2.24, 2.45) is 0 Å². The number of anilines is 1. The Morgan fingerprint density at radius 2 is 2.06 bits per heavy atom. The summed E-state index contributed by atoms with van der Waals surface area (Å²) in [5.41, 5.74) is 7.07. The van der Waals surface area contributed by atoms with Gasteiger partial charge in [0, 0.05) is 0 Å². The van der Waals surface area contributed by atoms with E-state index in [4.69, 9.17) is 5.73 Å². The third-order valence-corrected chi connectivity index (χ3v) is 3.44. The van der Waals surface area contributed by atoms with Crippen molar-refractivity contribution in [1.82, 2.24) is 19.5 Å². The summed E-state index contributed by atoms with van der Waals surface area (Å²) in [6.07, 6.45) is 6.82. The number of nitrogens with zero attached hydrogens (tertiary/aromatic N) is 4. The summed E-state index contributed by atoms with van der Waals surface area (Å²) >= 11 is 0. The number of rotatable bonds is 1. The molecule has 0 amide bonds. The van der Waals surface area contributed by atoms with Crippen LogP contribution in [0.15, 0.2) is 12.7 Å². The summed E-state index contributed by atoms with van der Waals surface area (Å²) in [5, 5.41) is 10.0. The predicted molar refractivity (Wildman–Crippen MR) is 63.2 cm³/mol. The zero-order chi connectivity index (χ0) is 11.8. The summed E-state index contributed by atoms with van der Waals surface area (Å²) in [6.45, 7) is 0. The van der Waals surface area contributed by atoms with Gasteiger partial charge in [0.1, 0.15) is 11.8 Å². The molecule has 0 aliphatic heterocycles. The van der Waals surface area contributed by atoms with Crippen LogP contribution in [0.2, 0.25) is 0 Å². The van der Waals surface area contributed by atoms with Gasteiger partial charge >= 0.3 is 0 Å². The van der Waals surface area contributed by atoms with Gasteiger partial charge in [-0.2, -0.15) is 0 Å². The Hall–Kier alpha value is -1.69. The van der Waals surface area contributed by atoms with Crippen molar-refractivity contribution in [3.05, 3.63) is 12.7 Å². The molecule has 0 radical (unpaired) electrons. The molecule has 6 nitrogen and oxygen atoms in total. The third kappa shape index (κ3) is 1.64. The van der Waals surface area contributed by atoms with Crippen molar-refractivity contribution >= 4 is 17.0 Å². The fourth-order valence-electron chi connectivity index (χ4n) is 2.53. The minimum atomic E-state index is -0.322. The molecule has 17 heavy (non-hydrogen) atoms. The largest absolute Gasteiger partial charge is 0.391 e. The van der Waals surface area contributed by atoms with Gasteiger partial charge in [-0.05, 0) is 12.8 Å². The molecule has 2 heterocycles. The molecule has 1 fully saturated rings. The Morgan fingerprint density at radius 1 is 1.24 bits per heavy atom. The quantitative estimate of drug-likeness (QED) is 0.763. The van der Waals surface area contributed by atoms with Crippen LogP contribution in [0, 0.1) is 0 Å². The predicted octanol–water partition coefficient (Wildman–Crippen LogP) is 0.884. The molecule has 2 atom stereocenters. The second-order valence-corrected chi connectivity index (χ2v) is 4.50. The Kier molecular flexibility index (Phi) is 2.44. The fourth-order valence-corrected chi connectivity index (χ4v) is 2.53. The Balaban J connectivity index is 2.08. The zero-order valence-electron chi connectivity index (χ0n) is 9.45. The minimum absolute atomic E-state index is 0.0584. The highest BCUT2D eigenvalue weighted by Crippen LogP contribution is 2.31. The number of nitrogens with two attached hydrogens (primary N) is 1.